The van der Waals surface area contributed by atoms with Gasteiger partial charge in [0.05, 0.1) is 7.11 Å². The number of unbranched alkanes of at least 4 members (excludes halogenated alkanes) is 2. The lowest BCUT2D eigenvalue weighted by molar-refractivity contribution is -0.137. The van der Waals surface area contributed by atoms with Gasteiger partial charge in [-0.05, 0) is 49.9 Å². The van der Waals surface area contributed by atoms with Crippen LogP contribution in [0.15, 0.2) is 36.4 Å². The van der Waals surface area contributed by atoms with E-state index in [-0.39, 0.29) is 42.3 Å². The van der Waals surface area contributed by atoms with Crippen LogP contribution in [0.2, 0.25) is 0 Å². The van der Waals surface area contributed by atoms with Crippen LogP contribution in [0.5, 0.6) is 0 Å². The molecule has 14 heteroatoms. The van der Waals surface area contributed by atoms with Crippen LogP contribution in [0.3, 0.4) is 0 Å². The van der Waals surface area contributed by atoms with Crippen molar-refractivity contribution in [2.24, 2.45) is 5.92 Å². The number of anilines is 2. The second-order valence-electron chi connectivity index (χ2n) is 9.98. The normalized spacial score (nSPS) is 13.9. The Bertz CT molecular complexity index is 1190. The van der Waals surface area contributed by atoms with Crippen molar-refractivity contribution in [3.63, 3.8) is 0 Å². The smallest absolute Gasteiger partial charge is 0.414 e. The summed E-state index contributed by atoms with van der Waals surface area (Å²) in [4.78, 5) is 86.2. The van der Waals surface area contributed by atoms with Crippen LogP contribution in [-0.4, -0.2) is 83.9 Å². The van der Waals surface area contributed by atoms with Gasteiger partial charge in [-0.1, -0.05) is 20.3 Å². The zero-order chi connectivity index (χ0) is 31.4. The molecule has 2 rings (SSSR count). The molecule has 1 heterocycles. The van der Waals surface area contributed by atoms with Gasteiger partial charge in [-0.25, -0.2) is 4.79 Å². The Labute approximate surface area is 243 Å². The van der Waals surface area contributed by atoms with E-state index < -0.39 is 42.5 Å². The molecule has 42 heavy (non-hydrogen) atoms. The number of aliphatic carboxylic acids is 1. The number of nitrogens with one attached hydrogen (secondary N) is 3. The van der Waals surface area contributed by atoms with Crippen molar-refractivity contribution < 1.29 is 43.4 Å². The average Bonchev–Trinajstić information content (AvgIpc) is 3.26. The molecule has 0 unspecified atom stereocenters. The zero-order valence-electron chi connectivity index (χ0n) is 24.0. The van der Waals surface area contributed by atoms with E-state index in [2.05, 4.69) is 20.7 Å². The van der Waals surface area contributed by atoms with E-state index in [1.54, 1.807) is 13.8 Å². The first kappa shape index (κ1) is 33.5. The Morgan fingerprint density at radius 3 is 2.07 bits per heavy atom. The first-order chi connectivity index (χ1) is 19.8. The number of methoxy groups -OCH3 is 1. The largest absolute Gasteiger partial charge is 0.480 e. The van der Waals surface area contributed by atoms with Crippen molar-refractivity contribution in [1.82, 2.24) is 15.5 Å². The van der Waals surface area contributed by atoms with Gasteiger partial charge in [0.25, 0.3) is 11.8 Å². The van der Waals surface area contributed by atoms with Gasteiger partial charge in [-0.3, -0.25) is 38.6 Å². The molecule has 2 atom stereocenters. The number of imide groups is 1. The lowest BCUT2D eigenvalue weighted by Gasteiger charge is -2.24. The van der Waals surface area contributed by atoms with E-state index in [1.165, 1.54) is 43.3 Å². The number of ether oxygens (including phenoxy) is 1. The van der Waals surface area contributed by atoms with Crippen molar-refractivity contribution in [3.05, 3.63) is 36.4 Å². The second kappa shape index (κ2) is 15.9. The maximum atomic E-state index is 12.9. The highest BCUT2D eigenvalue weighted by Gasteiger charge is 2.27. The lowest BCUT2D eigenvalue weighted by atomic mass is 10.0. The number of carboxylic acids is 1. The summed E-state index contributed by atoms with van der Waals surface area (Å²) in [7, 11) is 1.13. The van der Waals surface area contributed by atoms with Crippen LogP contribution < -0.4 is 20.9 Å². The first-order valence-electron chi connectivity index (χ1n) is 13.5. The summed E-state index contributed by atoms with van der Waals surface area (Å²) >= 11 is 0. The quantitative estimate of drug-likeness (QED) is 0.174. The van der Waals surface area contributed by atoms with Crippen LogP contribution in [0.4, 0.5) is 16.2 Å². The number of rotatable bonds is 15. The predicted octanol–water partition coefficient (Wildman–Crippen LogP) is 1.41. The topological polar surface area (TPSA) is 192 Å². The second-order valence-corrected chi connectivity index (χ2v) is 9.98. The number of carbonyl (C=O) groups is 7. The number of hydrogen-bond donors (Lipinski definition) is 4. The SMILES string of the molecule is COC(=O)N(CC(=O)O)c1ccc(NC(=O)[C@H](C)NC(=O)[C@@H](NC(=O)CCCCCN2C(=O)C=CC2=O)C(C)C)cc1. The molecular weight excluding hydrogens is 550 g/mol. The minimum absolute atomic E-state index is 0.155. The Morgan fingerprint density at radius 1 is 0.905 bits per heavy atom. The molecule has 0 bridgehead atoms. The average molecular weight is 588 g/mol. The minimum atomic E-state index is -1.23. The van der Waals surface area contributed by atoms with Crippen LogP contribution in [-0.2, 0) is 33.5 Å². The van der Waals surface area contributed by atoms with Crippen LogP contribution in [0.1, 0.15) is 46.5 Å². The van der Waals surface area contributed by atoms with E-state index in [9.17, 15) is 33.6 Å². The van der Waals surface area contributed by atoms with E-state index in [0.29, 0.717) is 24.9 Å². The van der Waals surface area contributed by atoms with E-state index >= 15 is 0 Å². The molecule has 0 radical (unpaired) electrons. The summed E-state index contributed by atoms with van der Waals surface area (Å²) < 4.78 is 4.61. The minimum Gasteiger partial charge on any atom is -0.480 e. The molecule has 1 aromatic carbocycles. The molecule has 0 aromatic heterocycles. The van der Waals surface area contributed by atoms with Gasteiger partial charge in [0.15, 0.2) is 0 Å². The number of amides is 6. The molecule has 0 spiro atoms. The van der Waals surface area contributed by atoms with Crippen molar-refractivity contribution in [2.75, 3.05) is 30.4 Å². The van der Waals surface area contributed by atoms with Crippen LogP contribution in [0, 0.1) is 5.92 Å². The fourth-order valence-electron chi connectivity index (χ4n) is 4.01. The standard InChI is InChI=1S/C28H37N5O9/c1-17(2)25(31-21(34)8-6-5-7-15-32-22(35)13-14-23(32)36)27(40)29-18(3)26(39)30-19-9-11-20(12-10-19)33(16-24(37)38)28(41)42-4/h9-14,17-18,25H,5-8,15-16H2,1-4H3,(H,29,40)(H,30,39)(H,31,34)(H,37,38)/t18-,25-/m0/s1. The molecule has 0 fully saturated rings. The van der Waals surface area contributed by atoms with Gasteiger partial charge in [0, 0.05) is 36.5 Å². The maximum absolute atomic E-state index is 12.9. The predicted molar refractivity (Wildman–Crippen MR) is 151 cm³/mol. The Hall–Kier alpha value is -4.75. The summed E-state index contributed by atoms with van der Waals surface area (Å²) in [6.07, 6.45) is 3.42. The van der Waals surface area contributed by atoms with Crippen molar-refractivity contribution in [3.8, 4) is 0 Å². The molecule has 1 aliphatic heterocycles. The van der Waals surface area contributed by atoms with Gasteiger partial charge in [0.1, 0.15) is 18.6 Å². The van der Waals surface area contributed by atoms with Crippen LogP contribution >= 0.6 is 0 Å². The molecule has 6 amide bonds. The molecule has 0 saturated heterocycles. The summed E-state index contributed by atoms with van der Waals surface area (Å²) in [5.74, 6) is -3.59. The number of carboxylic acid groups (broad SMARTS) is 1. The Morgan fingerprint density at radius 2 is 1.52 bits per heavy atom. The fourth-order valence-corrected chi connectivity index (χ4v) is 4.01. The third-order valence-electron chi connectivity index (χ3n) is 6.34. The van der Waals surface area contributed by atoms with Crippen molar-refractivity contribution >= 4 is 53.0 Å². The van der Waals surface area contributed by atoms with Crippen LogP contribution in [0.25, 0.3) is 0 Å². The molecule has 4 N–H and O–H groups in total. The first-order valence-corrected chi connectivity index (χ1v) is 13.5. The van der Waals surface area contributed by atoms with E-state index in [0.717, 1.165) is 16.9 Å². The zero-order valence-corrected chi connectivity index (χ0v) is 24.0. The molecular formula is C28H37N5O9. The monoisotopic (exact) mass is 587 g/mol. The molecule has 1 aromatic rings. The fraction of sp³-hybridized carbons (Fsp3) is 0.464. The molecule has 0 aliphatic carbocycles. The summed E-state index contributed by atoms with van der Waals surface area (Å²) in [5.41, 5.74) is 0.585. The highest BCUT2D eigenvalue weighted by molar-refractivity contribution is 6.12. The van der Waals surface area contributed by atoms with E-state index in [4.69, 9.17) is 5.11 Å². The van der Waals surface area contributed by atoms with Gasteiger partial charge in [0.2, 0.25) is 17.7 Å². The van der Waals surface area contributed by atoms with Gasteiger partial charge in [-0.15, -0.1) is 0 Å². The third kappa shape index (κ3) is 10.0. The van der Waals surface area contributed by atoms with Gasteiger partial charge < -0.3 is 25.8 Å². The highest BCUT2D eigenvalue weighted by Crippen LogP contribution is 2.19. The number of carbonyl (C=O) groups excluding carboxylic acids is 6. The number of nitrogens with zero attached hydrogens (tertiary/aromatic N) is 2. The van der Waals surface area contributed by atoms with E-state index in [1.807, 2.05) is 0 Å². The molecule has 228 valence electrons. The number of hydrogen-bond acceptors (Lipinski definition) is 8. The lowest BCUT2D eigenvalue weighted by Crippen LogP contribution is -2.53. The maximum Gasteiger partial charge on any atom is 0.414 e. The third-order valence-corrected chi connectivity index (χ3v) is 6.34. The summed E-state index contributed by atoms with van der Waals surface area (Å²) in [5, 5.41) is 17.0. The molecule has 14 nitrogen and oxygen atoms in total. The molecule has 0 saturated carbocycles. The summed E-state index contributed by atoms with van der Waals surface area (Å²) in [6, 6.07) is 3.97. The van der Waals surface area contributed by atoms with Gasteiger partial charge in [-0.2, -0.15) is 0 Å². The highest BCUT2D eigenvalue weighted by atomic mass is 16.5. The molecule has 1 aliphatic rings. The number of benzene rings is 1. The summed E-state index contributed by atoms with van der Waals surface area (Å²) in [6.45, 7) is 4.67. The Balaban J connectivity index is 1.83. The van der Waals surface area contributed by atoms with Crippen molar-refractivity contribution in [1.29, 1.82) is 0 Å². The Kier molecular flexibility index (Phi) is 12.7. The van der Waals surface area contributed by atoms with Crippen molar-refractivity contribution in [2.45, 2.75) is 58.5 Å². The van der Waals surface area contributed by atoms with Gasteiger partial charge >= 0.3 is 12.1 Å².